The number of benzene rings is 2. The maximum Gasteiger partial charge on any atom is 0.322 e. The summed E-state index contributed by atoms with van der Waals surface area (Å²) in [5, 5.41) is 2.85. The highest BCUT2D eigenvalue weighted by Gasteiger charge is 2.16. The molecule has 0 aliphatic heterocycles. The summed E-state index contributed by atoms with van der Waals surface area (Å²) < 4.78 is 10.1. The lowest BCUT2D eigenvalue weighted by Crippen LogP contribution is -2.36. The van der Waals surface area contributed by atoms with E-state index in [1.54, 1.807) is 18.9 Å². The summed E-state index contributed by atoms with van der Waals surface area (Å²) in [5.41, 5.74) is 1.64. The van der Waals surface area contributed by atoms with Gasteiger partial charge in [-0.25, -0.2) is 4.79 Å². The first-order chi connectivity index (χ1) is 12.6. The van der Waals surface area contributed by atoms with Gasteiger partial charge in [0.1, 0.15) is 5.75 Å². The number of para-hydroxylation sites is 1. The molecule has 26 heavy (non-hydrogen) atoms. The van der Waals surface area contributed by atoms with Crippen LogP contribution < -0.4 is 10.1 Å². The van der Waals surface area contributed by atoms with Crippen molar-refractivity contribution in [2.24, 2.45) is 0 Å². The monoisotopic (exact) mass is 356 g/mol. The first kappa shape index (κ1) is 19.3. The quantitative estimate of drug-likeness (QED) is 0.733. The number of nitrogens with zero attached hydrogens (tertiary/aromatic N) is 1. The zero-order valence-corrected chi connectivity index (χ0v) is 15.1. The van der Waals surface area contributed by atoms with Crippen molar-refractivity contribution in [1.82, 2.24) is 4.90 Å². The average Bonchev–Trinajstić information content (AvgIpc) is 2.66. The van der Waals surface area contributed by atoms with Gasteiger partial charge in [0.2, 0.25) is 0 Å². The maximum atomic E-state index is 12.6. The number of hydrogen-bond acceptors (Lipinski definition) is 4. The molecule has 0 aliphatic rings. The summed E-state index contributed by atoms with van der Waals surface area (Å²) in [6, 6.07) is 16.4. The van der Waals surface area contributed by atoms with E-state index < -0.39 is 0 Å². The molecule has 6 nitrogen and oxygen atoms in total. The van der Waals surface area contributed by atoms with Crippen LogP contribution in [0.25, 0.3) is 0 Å². The van der Waals surface area contributed by atoms with E-state index in [4.69, 9.17) is 9.47 Å². The second-order valence-electron chi connectivity index (χ2n) is 5.62. The first-order valence-electron chi connectivity index (χ1n) is 8.52. The van der Waals surface area contributed by atoms with Crippen molar-refractivity contribution in [3.63, 3.8) is 0 Å². The lowest BCUT2D eigenvalue weighted by molar-refractivity contribution is -0.143. The Bertz CT molecular complexity index is 702. The molecular formula is C20H24N2O4. The lowest BCUT2D eigenvalue weighted by atomic mass is 10.2. The smallest absolute Gasteiger partial charge is 0.322 e. The van der Waals surface area contributed by atoms with Crippen molar-refractivity contribution in [2.75, 3.05) is 25.6 Å². The fraction of sp³-hybridized carbons (Fsp3) is 0.300. The third kappa shape index (κ3) is 6.12. The predicted molar refractivity (Wildman–Crippen MR) is 100 cm³/mol. The molecule has 0 aromatic heterocycles. The Balaban J connectivity index is 2.06. The number of rotatable bonds is 8. The Morgan fingerprint density at radius 2 is 1.73 bits per heavy atom. The predicted octanol–water partition coefficient (Wildman–Crippen LogP) is 3.68. The highest BCUT2D eigenvalue weighted by Crippen LogP contribution is 2.15. The van der Waals surface area contributed by atoms with Crippen molar-refractivity contribution in [1.29, 1.82) is 0 Å². The standard InChI is InChI=1S/C20H24N2O4/c1-3-26-19(23)13-14-22(15-16-9-11-18(25-2)12-10-16)20(24)21-17-7-5-4-6-8-17/h4-12H,3,13-15H2,1-2H3,(H,21,24). The van der Waals surface area contributed by atoms with Crippen LogP contribution in [0.4, 0.5) is 10.5 Å². The number of carbonyl (C=O) groups is 2. The van der Waals surface area contributed by atoms with Crippen molar-refractivity contribution >= 4 is 17.7 Å². The van der Waals surface area contributed by atoms with Crippen LogP contribution in [0.2, 0.25) is 0 Å². The Kier molecular flexibility index (Phi) is 7.49. The van der Waals surface area contributed by atoms with Crippen LogP contribution >= 0.6 is 0 Å². The Labute approximate surface area is 153 Å². The third-order valence-corrected chi connectivity index (χ3v) is 3.74. The van der Waals surface area contributed by atoms with Crippen LogP contribution in [-0.2, 0) is 16.1 Å². The van der Waals surface area contributed by atoms with Gasteiger partial charge < -0.3 is 19.7 Å². The first-order valence-corrected chi connectivity index (χ1v) is 8.52. The Hall–Kier alpha value is -3.02. The fourth-order valence-corrected chi connectivity index (χ4v) is 2.39. The number of hydrogen-bond donors (Lipinski definition) is 1. The van der Waals surface area contributed by atoms with Gasteiger partial charge in [-0.3, -0.25) is 4.79 Å². The zero-order valence-electron chi connectivity index (χ0n) is 15.1. The number of amides is 2. The second-order valence-corrected chi connectivity index (χ2v) is 5.62. The molecule has 0 atom stereocenters. The SMILES string of the molecule is CCOC(=O)CCN(Cc1ccc(OC)cc1)C(=O)Nc1ccccc1. The van der Waals surface area contributed by atoms with Crippen molar-refractivity contribution < 1.29 is 19.1 Å². The summed E-state index contributed by atoms with van der Waals surface area (Å²) in [6.07, 6.45) is 0.145. The van der Waals surface area contributed by atoms with Gasteiger partial charge in [-0.2, -0.15) is 0 Å². The van der Waals surface area contributed by atoms with E-state index in [0.29, 0.717) is 18.8 Å². The normalized spacial score (nSPS) is 10.1. The van der Waals surface area contributed by atoms with Crippen LogP contribution in [0, 0.1) is 0 Å². The van der Waals surface area contributed by atoms with Gasteiger partial charge in [0.05, 0.1) is 20.1 Å². The Morgan fingerprint density at radius 3 is 2.35 bits per heavy atom. The van der Waals surface area contributed by atoms with Gasteiger partial charge >= 0.3 is 12.0 Å². The summed E-state index contributed by atoms with van der Waals surface area (Å²) in [5.74, 6) is 0.431. The minimum atomic E-state index is -0.320. The molecule has 0 bridgehead atoms. The number of ether oxygens (including phenoxy) is 2. The molecule has 0 saturated carbocycles. The number of methoxy groups -OCH3 is 1. The molecular weight excluding hydrogens is 332 g/mol. The number of carbonyl (C=O) groups excluding carboxylic acids is 2. The van der Waals surface area contributed by atoms with Gasteiger partial charge in [0.15, 0.2) is 0 Å². The van der Waals surface area contributed by atoms with E-state index in [1.165, 1.54) is 0 Å². The van der Waals surface area contributed by atoms with E-state index in [1.807, 2.05) is 54.6 Å². The van der Waals surface area contributed by atoms with Crippen LogP contribution in [0.15, 0.2) is 54.6 Å². The summed E-state index contributed by atoms with van der Waals surface area (Å²) in [4.78, 5) is 25.9. The van der Waals surface area contributed by atoms with E-state index in [2.05, 4.69) is 5.32 Å². The zero-order chi connectivity index (χ0) is 18.8. The van der Waals surface area contributed by atoms with E-state index >= 15 is 0 Å². The highest BCUT2D eigenvalue weighted by molar-refractivity contribution is 5.89. The van der Waals surface area contributed by atoms with Crippen molar-refractivity contribution in [3.05, 3.63) is 60.2 Å². The van der Waals surface area contributed by atoms with E-state index in [9.17, 15) is 9.59 Å². The minimum Gasteiger partial charge on any atom is -0.497 e. The summed E-state index contributed by atoms with van der Waals surface area (Å²) >= 11 is 0. The fourth-order valence-electron chi connectivity index (χ4n) is 2.39. The molecule has 0 radical (unpaired) electrons. The van der Waals surface area contributed by atoms with Crippen molar-refractivity contribution in [2.45, 2.75) is 19.9 Å². The van der Waals surface area contributed by atoms with Gasteiger partial charge in [-0.15, -0.1) is 0 Å². The van der Waals surface area contributed by atoms with Gasteiger partial charge in [0, 0.05) is 18.8 Å². The summed E-state index contributed by atoms with van der Waals surface area (Å²) in [6.45, 7) is 2.73. The van der Waals surface area contributed by atoms with E-state index in [0.717, 1.165) is 11.3 Å². The molecule has 1 N–H and O–H groups in total. The Morgan fingerprint density at radius 1 is 1.04 bits per heavy atom. The van der Waals surface area contributed by atoms with Gasteiger partial charge in [0.25, 0.3) is 0 Å². The molecule has 2 aromatic rings. The largest absolute Gasteiger partial charge is 0.497 e. The average molecular weight is 356 g/mol. The minimum absolute atomic E-state index is 0.145. The van der Waals surface area contributed by atoms with Crippen LogP contribution in [0.5, 0.6) is 5.75 Å². The molecule has 0 fully saturated rings. The summed E-state index contributed by atoms with van der Waals surface area (Å²) in [7, 11) is 1.61. The van der Waals surface area contributed by atoms with Crippen LogP contribution in [-0.4, -0.2) is 37.2 Å². The van der Waals surface area contributed by atoms with Gasteiger partial charge in [-0.1, -0.05) is 30.3 Å². The number of urea groups is 1. The molecule has 2 aromatic carbocycles. The topological polar surface area (TPSA) is 67.9 Å². The number of nitrogens with one attached hydrogen (secondary N) is 1. The molecule has 6 heteroatoms. The number of anilines is 1. The molecule has 2 rings (SSSR count). The van der Waals surface area contributed by atoms with Gasteiger partial charge in [-0.05, 0) is 36.8 Å². The van der Waals surface area contributed by atoms with E-state index in [-0.39, 0.29) is 25.0 Å². The second kappa shape index (κ2) is 10.1. The molecule has 0 aliphatic carbocycles. The van der Waals surface area contributed by atoms with Crippen LogP contribution in [0.1, 0.15) is 18.9 Å². The van der Waals surface area contributed by atoms with Crippen molar-refractivity contribution in [3.8, 4) is 5.75 Å². The number of esters is 1. The maximum absolute atomic E-state index is 12.6. The van der Waals surface area contributed by atoms with Crippen LogP contribution in [0.3, 0.4) is 0 Å². The molecule has 0 unspecified atom stereocenters. The molecule has 0 heterocycles. The highest BCUT2D eigenvalue weighted by atomic mass is 16.5. The molecule has 0 saturated heterocycles. The lowest BCUT2D eigenvalue weighted by Gasteiger charge is -2.23. The molecule has 0 spiro atoms. The molecule has 2 amide bonds. The molecule has 138 valence electrons. The third-order valence-electron chi connectivity index (χ3n) is 3.74.